The van der Waals surface area contributed by atoms with Gasteiger partial charge < -0.3 is 14.4 Å². The van der Waals surface area contributed by atoms with Gasteiger partial charge in [0.2, 0.25) is 5.82 Å². The molecular weight excluding hydrogens is 325 g/mol. The molecule has 1 aromatic carbocycles. The van der Waals surface area contributed by atoms with E-state index in [1.165, 1.54) is 0 Å². The van der Waals surface area contributed by atoms with E-state index in [0.29, 0.717) is 13.2 Å². The second-order valence-corrected chi connectivity index (χ2v) is 5.34. The Morgan fingerprint density at radius 2 is 1.26 bits per heavy atom. The Labute approximate surface area is 127 Å². The second kappa shape index (κ2) is 5.72. The SMILES string of the molecule is O=C(c1c(F)c(F)c(F)c(F)c1F)N1CCC2(CC1)OCCO2. The largest absolute Gasteiger partial charge is 0.347 e. The van der Waals surface area contributed by atoms with Crippen molar-refractivity contribution in [2.75, 3.05) is 26.3 Å². The fourth-order valence-electron chi connectivity index (χ4n) is 2.79. The first-order chi connectivity index (χ1) is 10.9. The third kappa shape index (κ3) is 2.57. The van der Waals surface area contributed by atoms with Crippen LogP contribution < -0.4 is 0 Å². The zero-order chi connectivity index (χ0) is 16.8. The van der Waals surface area contributed by atoms with Gasteiger partial charge in [-0.15, -0.1) is 0 Å². The first-order valence-electron chi connectivity index (χ1n) is 6.95. The molecular formula is C14H12F5NO3. The van der Waals surface area contributed by atoms with Crippen LogP contribution in [0.15, 0.2) is 0 Å². The number of amides is 1. The molecule has 2 aliphatic heterocycles. The average molecular weight is 337 g/mol. The topological polar surface area (TPSA) is 38.8 Å². The minimum absolute atomic E-state index is 0.0261. The molecule has 4 nitrogen and oxygen atoms in total. The standard InChI is InChI=1S/C14H12F5NO3/c15-8-7(9(16)11(18)12(19)10(8)17)13(21)20-3-1-14(2-4-20)22-5-6-23-14/h1-6H2. The van der Waals surface area contributed by atoms with E-state index in [9.17, 15) is 26.7 Å². The van der Waals surface area contributed by atoms with Gasteiger partial charge in [-0.3, -0.25) is 4.79 Å². The maximum atomic E-state index is 13.7. The van der Waals surface area contributed by atoms with Crippen LogP contribution in [-0.2, 0) is 9.47 Å². The normalized spacial score (nSPS) is 20.3. The number of ether oxygens (including phenoxy) is 2. The van der Waals surface area contributed by atoms with Gasteiger partial charge in [0.1, 0.15) is 5.56 Å². The van der Waals surface area contributed by atoms with Crippen LogP contribution in [0.1, 0.15) is 23.2 Å². The minimum atomic E-state index is -2.29. The summed E-state index contributed by atoms with van der Waals surface area (Å²) in [6.07, 6.45) is 0.516. The van der Waals surface area contributed by atoms with Crippen molar-refractivity contribution in [1.29, 1.82) is 0 Å². The summed E-state index contributed by atoms with van der Waals surface area (Å²) >= 11 is 0. The number of hydrogen-bond donors (Lipinski definition) is 0. The fraction of sp³-hybridized carbons (Fsp3) is 0.500. The molecule has 9 heteroatoms. The van der Waals surface area contributed by atoms with Gasteiger partial charge in [0, 0.05) is 25.9 Å². The van der Waals surface area contributed by atoms with Gasteiger partial charge in [-0.25, -0.2) is 22.0 Å². The van der Waals surface area contributed by atoms with E-state index >= 15 is 0 Å². The summed E-state index contributed by atoms with van der Waals surface area (Å²) in [4.78, 5) is 13.2. The molecule has 0 saturated carbocycles. The maximum Gasteiger partial charge on any atom is 0.260 e. The molecule has 1 spiro atoms. The van der Waals surface area contributed by atoms with E-state index in [0.717, 1.165) is 4.90 Å². The highest BCUT2D eigenvalue weighted by atomic mass is 19.2. The number of hydrogen-bond acceptors (Lipinski definition) is 3. The van der Waals surface area contributed by atoms with Crippen molar-refractivity contribution >= 4 is 5.91 Å². The lowest BCUT2D eigenvalue weighted by atomic mass is 10.0. The monoisotopic (exact) mass is 337 g/mol. The summed E-state index contributed by atoms with van der Waals surface area (Å²) in [7, 11) is 0. The number of halogens is 5. The maximum absolute atomic E-state index is 13.7. The van der Waals surface area contributed by atoms with E-state index < -0.39 is 46.3 Å². The molecule has 1 amide bonds. The molecule has 0 atom stereocenters. The van der Waals surface area contributed by atoms with Gasteiger partial charge in [0.25, 0.3) is 5.91 Å². The number of likely N-dealkylation sites (tertiary alicyclic amines) is 1. The van der Waals surface area contributed by atoms with E-state index in [4.69, 9.17) is 9.47 Å². The van der Waals surface area contributed by atoms with Crippen LogP contribution in [0.3, 0.4) is 0 Å². The molecule has 126 valence electrons. The van der Waals surface area contributed by atoms with Crippen LogP contribution in [0.2, 0.25) is 0 Å². The Hall–Kier alpha value is -1.74. The number of benzene rings is 1. The van der Waals surface area contributed by atoms with E-state index in [-0.39, 0.29) is 25.9 Å². The highest BCUT2D eigenvalue weighted by Crippen LogP contribution is 2.32. The Kier molecular flexibility index (Phi) is 4.01. The van der Waals surface area contributed by atoms with E-state index in [1.54, 1.807) is 0 Å². The van der Waals surface area contributed by atoms with Crippen molar-refractivity contribution in [3.8, 4) is 0 Å². The highest BCUT2D eigenvalue weighted by molar-refractivity contribution is 5.95. The zero-order valence-electron chi connectivity index (χ0n) is 11.8. The smallest absolute Gasteiger partial charge is 0.260 e. The predicted octanol–water partition coefficient (Wildman–Crippen LogP) is 2.36. The Balaban J connectivity index is 1.85. The number of carbonyl (C=O) groups is 1. The van der Waals surface area contributed by atoms with Crippen molar-refractivity contribution < 1.29 is 36.2 Å². The Morgan fingerprint density at radius 3 is 1.74 bits per heavy atom. The van der Waals surface area contributed by atoms with Crippen molar-refractivity contribution in [2.45, 2.75) is 18.6 Å². The summed E-state index contributed by atoms with van der Waals surface area (Å²) < 4.78 is 77.7. The summed E-state index contributed by atoms with van der Waals surface area (Å²) in [6.45, 7) is 0.869. The summed E-state index contributed by atoms with van der Waals surface area (Å²) in [5.74, 6) is -12.9. The van der Waals surface area contributed by atoms with Crippen LogP contribution in [0.5, 0.6) is 0 Å². The molecule has 0 radical (unpaired) electrons. The molecule has 2 fully saturated rings. The Bertz CT molecular complexity index is 621. The van der Waals surface area contributed by atoms with E-state index in [2.05, 4.69) is 0 Å². The van der Waals surface area contributed by atoms with E-state index in [1.807, 2.05) is 0 Å². The summed E-state index contributed by atoms with van der Waals surface area (Å²) in [5, 5.41) is 0. The number of carbonyl (C=O) groups excluding carboxylic acids is 1. The van der Waals surface area contributed by atoms with Gasteiger partial charge in [-0.05, 0) is 0 Å². The van der Waals surface area contributed by atoms with Gasteiger partial charge in [-0.2, -0.15) is 0 Å². The number of nitrogens with zero attached hydrogens (tertiary/aromatic N) is 1. The Morgan fingerprint density at radius 1 is 0.826 bits per heavy atom. The van der Waals surface area contributed by atoms with Gasteiger partial charge in [0.05, 0.1) is 13.2 Å². The molecule has 2 heterocycles. The predicted molar refractivity (Wildman–Crippen MR) is 66.0 cm³/mol. The fourth-order valence-corrected chi connectivity index (χ4v) is 2.79. The van der Waals surface area contributed by atoms with Gasteiger partial charge in [0.15, 0.2) is 29.1 Å². The molecule has 3 rings (SSSR count). The molecule has 0 aliphatic carbocycles. The summed E-state index contributed by atoms with van der Waals surface area (Å²) in [6, 6.07) is 0. The number of piperidine rings is 1. The molecule has 0 aromatic heterocycles. The minimum Gasteiger partial charge on any atom is -0.347 e. The third-order valence-electron chi connectivity index (χ3n) is 4.05. The first kappa shape index (κ1) is 16.1. The van der Waals surface area contributed by atoms with Crippen LogP contribution in [-0.4, -0.2) is 42.9 Å². The molecule has 0 bridgehead atoms. The van der Waals surface area contributed by atoms with Crippen LogP contribution in [0.4, 0.5) is 22.0 Å². The first-order valence-corrected chi connectivity index (χ1v) is 6.95. The molecule has 2 saturated heterocycles. The van der Waals surface area contributed by atoms with Crippen molar-refractivity contribution in [1.82, 2.24) is 4.90 Å². The molecule has 2 aliphatic rings. The summed E-state index contributed by atoms with van der Waals surface area (Å²) in [5.41, 5.74) is -1.44. The van der Waals surface area contributed by atoms with Crippen molar-refractivity contribution in [3.05, 3.63) is 34.6 Å². The lowest BCUT2D eigenvalue weighted by Crippen LogP contribution is -2.47. The lowest BCUT2D eigenvalue weighted by Gasteiger charge is -2.37. The average Bonchev–Trinajstić information content (AvgIpc) is 3.00. The molecule has 23 heavy (non-hydrogen) atoms. The second-order valence-electron chi connectivity index (χ2n) is 5.34. The van der Waals surface area contributed by atoms with Crippen LogP contribution >= 0.6 is 0 Å². The molecule has 0 N–H and O–H groups in total. The number of rotatable bonds is 1. The molecule has 0 unspecified atom stereocenters. The lowest BCUT2D eigenvalue weighted by molar-refractivity contribution is -0.181. The van der Waals surface area contributed by atoms with Gasteiger partial charge >= 0.3 is 0 Å². The van der Waals surface area contributed by atoms with Crippen LogP contribution in [0, 0.1) is 29.1 Å². The quantitative estimate of drug-likeness (QED) is 0.449. The van der Waals surface area contributed by atoms with Crippen LogP contribution in [0.25, 0.3) is 0 Å². The molecule has 1 aromatic rings. The van der Waals surface area contributed by atoms with Crippen molar-refractivity contribution in [2.24, 2.45) is 0 Å². The zero-order valence-corrected chi connectivity index (χ0v) is 11.8. The van der Waals surface area contributed by atoms with Gasteiger partial charge in [-0.1, -0.05) is 0 Å². The van der Waals surface area contributed by atoms with Crippen molar-refractivity contribution in [3.63, 3.8) is 0 Å². The highest BCUT2D eigenvalue weighted by Gasteiger charge is 2.42. The third-order valence-corrected chi connectivity index (χ3v) is 4.05.